The number of amides is 2. The van der Waals surface area contributed by atoms with E-state index in [1.54, 1.807) is 0 Å². The molecule has 220 valence electrons. The number of nitrogens with zero attached hydrogens (tertiary/aromatic N) is 1. The van der Waals surface area contributed by atoms with Crippen LogP contribution in [0.1, 0.15) is 50.2 Å². The number of carbonyl (C=O) groups excluding carboxylic acids is 2. The molecular weight excluding hydrogens is 587 g/mol. The van der Waals surface area contributed by atoms with Crippen molar-refractivity contribution in [1.82, 2.24) is 9.44 Å². The maximum Gasteiger partial charge on any atom is 0.416 e. The predicted octanol–water partition coefficient (Wildman–Crippen LogP) is 4.08. The van der Waals surface area contributed by atoms with Gasteiger partial charge in [-0.3, -0.25) is 9.59 Å². The number of piperidine rings is 1. The van der Waals surface area contributed by atoms with Gasteiger partial charge in [0.05, 0.1) is 16.7 Å². The monoisotopic (exact) mass is 606 g/mol. The van der Waals surface area contributed by atoms with Gasteiger partial charge in [0.2, 0.25) is 5.91 Å². The van der Waals surface area contributed by atoms with Crippen molar-refractivity contribution in [1.29, 1.82) is 0 Å². The summed E-state index contributed by atoms with van der Waals surface area (Å²) in [6, 6.07) is 1.48. The molecule has 4 N–H and O–H groups in total. The zero-order valence-electron chi connectivity index (χ0n) is 19.8. The van der Waals surface area contributed by atoms with Crippen LogP contribution in [0, 0.1) is 0 Å². The molecule has 0 spiro atoms. The van der Waals surface area contributed by atoms with Crippen molar-refractivity contribution >= 4 is 27.7 Å². The molecule has 8 nitrogen and oxygen atoms in total. The second-order valence-corrected chi connectivity index (χ2v) is 10.2. The van der Waals surface area contributed by atoms with Gasteiger partial charge in [-0.05, 0) is 49.2 Å². The average molecular weight is 606 g/mol. The smallest absolute Gasteiger partial charge is 0.371 e. The number of nitrogens with one attached hydrogen (secondary N) is 2. The molecule has 1 saturated heterocycles. The number of halogens is 9. The lowest BCUT2D eigenvalue weighted by molar-refractivity contribution is -0.143. The molecule has 0 saturated carbocycles. The summed E-state index contributed by atoms with van der Waals surface area (Å²) in [5, 5.41) is 0. The Morgan fingerprint density at radius 3 is 1.65 bits per heavy atom. The summed E-state index contributed by atoms with van der Waals surface area (Å²) in [5.74, 6) is -2.86. The lowest BCUT2D eigenvalue weighted by Gasteiger charge is -2.34. The fourth-order valence-electron chi connectivity index (χ4n) is 3.87. The molecule has 2 aromatic rings. The van der Waals surface area contributed by atoms with Crippen molar-refractivity contribution in [3.8, 4) is 0 Å². The van der Waals surface area contributed by atoms with Gasteiger partial charge in [0, 0.05) is 35.9 Å². The number of alkyl halides is 9. The molecule has 2 amide bonds. The molecule has 40 heavy (non-hydrogen) atoms. The number of carbonyl (C=O) groups is 2. The molecule has 1 aliphatic heterocycles. The molecule has 0 bridgehead atoms. The number of benzene rings is 2. The average Bonchev–Trinajstić information content (AvgIpc) is 2.81. The molecule has 2 aromatic carbocycles. The van der Waals surface area contributed by atoms with Crippen LogP contribution in [0.4, 0.5) is 45.2 Å². The Morgan fingerprint density at radius 1 is 0.750 bits per heavy atom. The van der Waals surface area contributed by atoms with Crippen LogP contribution < -0.4 is 20.1 Å². The minimum Gasteiger partial charge on any atom is -0.371 e. The lowest BCUT2D eigenvalue weighted by atomic mass is 10.0. The van der Waals surface area contributed by atoms with Gasteiger partial charge in [-0.1, -0.05) is 0 Å². The van der Waals surface area contributed by atoms with E-state index in [-0.39, 0.29) is 49.8 Å². The fourth-order valence-corrected chi connectivity index (χ4v) is 4.97. The van der Waals surface area contributed by atoms with E-state index >= 15 is 0 Å². The van der Waals surface area contributed by atoms with Gasteiger partial charge in [0.1, 0.15) is 0 Å². The molecule has 1 aliphatic rings. The maximum absolute atomic E-state index is 13.2. The summed E-state index contributed by atoms with van der Waals surface area (Å²) in [6.45, 7) is -0.0492. The summed E-state index contributed by atoms with van der Waals surface area (Å²) in [6.07, 6.45) is -15.4. The van der Waals surface area contributed by atoms with Crippen LogP contribution in [0.5, 0.6) is 0 Å². The first-order chi connectivity index (χ1) is 18.2. The Morgan fingerprint density at radius 2 is 1.20 bits per heavy atom. The van der Waals surface area contributed by atoms with E-state index in [2.05, 4.69) is 0 Å². The van der Waals surface area contributed by atoms with Crippen LogP contribution in [0.2, 0.25) is 0 Å². The molecule has 1 fully saturated rings. The summed E-state index contributed by atoms with van der Waals surface area (Å²) >= 11 is 0. The standard InChI is InChI=1S/C22H19F9N4O4S/c23-20(24,25)13-6-12(7-14(9-13)21(26,27)28)19(37)34-40(38,39)33-16-1-3-35(4-2-16)17-8-11(18(32)36)5-15(10-17)22(29,30)31/h5-10,16,33H,1-4H2,(H2,32,36)(H,34,37). The minimum absolute atomic E-state index is 0.0109. The van der Waals surface area contributed by atoms with E-state index in [1.165, 1.54) is 9.62 Å². The first-order valence-corrected chi connectivity index (χ1v) is 12.5. The second-order valence-electron chi connectivity index (χ2n) is 8.74. The molecule has 0 aliphatic carbocycles. The minimum atomic E-state index is -5.26. The number of hydrogen-bond donors (Lipinski definition) is 3. The number of hydrogen-bond acceptors (Lipinski definition) is 5. The summed E-state index contributed by atoms with van der Waals surface area (Å²) < 4.78 is 146. The van der Waals surface area contributed by atoms with Gasteiger partial charge in [-0.2, -0.15) is 52.7 Å². The third kappa shape index (κ3) is 7.77. The van der Waals surface area contributed by atoms with E-state index in [0.29, 0.717) is 6.07 Å². The van der Waals surface area contributed by atoms with Gasteiger partial charge in [0.15, 0.2) is 0 Å². The van der Waals surface area contributed by atoms with Gasteiger partial charge >= 0.3 is 28.7 Å². The van der Waals surface area contributed by atoms with E-state index in [9.17, 15) is 57.5 Å². The van der Waals surface area contributed by atoms with Gasteiger partial charge in [-0.25, -0.2) is 4.72 Å². The number of anilines is 1. The predicted molar refractivity (Wildman–Crippen MR) is 121 cm³/mol. The Labute approximate surface area is 220 Å². The molecule has 0 aromatic heterocycles. The summed E-state index contributed by atoms with van der Waals surface area (Å²) in [5.41, 5.74) is -1.29. The normalized spacial score (nSPS) is 15.7. The largest absolute Gasteiger partial charge is 0.416 e. The Bertz CT molecular complexity index is 1370. The molecular formula is C22H19F9N4O4S. The van der Waals surface area contributed by atoms with Crippen molar-refractivity contribution in [3.05, 3.63) is 64.2 Å². The van der Waals surface area contributed by atoms with E-state index in [1.807, 2.05) is 4.72 Å². The Kier molecular flexibility index (Phi) is 8.36. The molecule has 18 heteroatoms. The highest BCUT2D eigenvalue weighted by atomic mass is 32.2. The van der Waals surface area contributed by atoms with Crippen LogP contribution in [0.3, 0.4) is 0 Å². The SMILES string of the molecule is NC(=O)c1cc(N2CCC(NS(=O)(=O)NC(=O)c3cc(C(F)(F)F)cc(C(F)(F)F)c3)CC2)cc(C(F)(F)F)c1. The molecule has 3 rings (SSSR count). The van der Waals surface area contributed by atoms with Crippen LogP contribution in [-0.2, 0) is 28.7 Å². The van der Waals surface area contributed by atoms with Crippen molar-refractivity contribution < 1.29 is 57.5 Å². The van der Waals surface area contributed by atoms with Crippen LogP contribution in [-0.4, -0.2) is 39.4 Å². The van der Waals surface area contributed by atoms with Gasteiger partial charge < -0.3 is 10.6 Å². The second kappa shape index (κ2) is 10.8. The number of rotatable bonds is 6. The molecule has 0 radical (unpaired) electrons. The maximum atomic E-state index is 13.2. The third-order valence-corrected chi connectivity index (χ3v) is 6.89. The van der Waals surface area contributed by atoms with Crippen LogP contribution >= 0.6 is 0 Å². The number of nitrogens with two attached hydrogens (primary N) is 1. The van der Waals surface area contributed by atoms with Crippen molar-refractivity contribution in [2.24, 2.45) is 5.73 Å². The molecule has 1 heterocycles. The zero-order chi connectivity index (χ0) is 30.3. The highest BCUT2D eigenvalue weighted by molar-refractivity contribution is 7.88. The third-order valence-electron chi connectivity index (χ3n) is 5.79. The topological polar surface area (TPSA) is 122 Å². The summed E-state index contributed by atoms with van der Waals surface area (Å²) in [4.78, 5) is 25.2. The summed E-state index contributed by atoms with van der Waals surface area (Å²) in [7, 11) is -4.79. The number of primary amides is 1. The van der Waals surface area contributed by atoms with Crippen molar-refractivity contribution in [2.75, 3.05) is 18.0 Å². The lowest BCUT2D eigenvalue weighted by Crippen LogP contribution is -2.49. The van der Waals surface area contributed by atoms with Crippen LogP contribution in [0.15, 0.2) is 36.4 Å². The molecule has 0 unspecified atom stereocenters. The highest BCUT2D eigenvalue weighted by Gasteiger charge is 2.38. The molecule has 0 atom stereocenters. The first kappa shape index (κ1) is 31.0. The van der Waals surface area contributed by atoms with Gasteiger partial charge in [-0.15, -0.1) is 0 Å². The van der Waals surface area contributed by atoms with Crippen molar-refractivity contribution in [2.45, 2.75) is 37.4 Å². The zero-order valence-corrected chi connectivity index (χ0v) is 20.7. The van der Waals surface area contributed by atoms with E-state index in [4.69, 9.17) is 5.73 Å². The van der Waals surface area contributed by atoms with Crippen LogP contribution in [0.25, 0.3) is 0 Å². The van der Waals surface area contributed by atoms with E-state index in [0.717, 1.165) is 12.1 Å². The quantitative estimate of drug-likeness (QED) is 0.428. The van der Waals surface area contributed by atoms with E-state index < -0.39 is 74.4 Å². The Hall–Kier alpha value is -3.54. The van der Waals surface area contributed by atoms with Crippen molar-refractivity contribution in [3.63, 3.8) is 0 Å². The first-order valence-electron chi connectivity index (χ1n) is 11.1. The fraction of sp³-hybridized carbons (Fsp3) is 0.364. The van der Waals surface area contributed by atoms with Gasteiger partial charge in [0.25, 0.3) is 5.91 Å². The Balaban J connectivity index is 1.71. The highest BCUT2D eigenvalue weighted by Crippen LogP contribution is 2.37.